The first-order valence-electron chi connectivity index (χ1n) is 9.58. The zero-order valence-corrected chi connectivity index (χ0v) is 16.7. The zero-order valence-electron chi connectivity index (χ0n) is 16.7. The molecule has 6 nitrogen and oxygen atoms in total. The minimum atomic E-state index is -0.597. The first-order chi connectivity index (χ1) is 14.6. The second-order valence-electron chi connectivity index (χ2n) is 6.88. The van der Waals surface area contributed by atoms with Crippen LogP contribution in [0.2, 0.25) is 0 Å². The van der Waals surface area contributed by atoms with Gasteiger partial charge in [-0.15, -0.1) is 0 Å². The van der Waals surface area contributed by atoms with Gasteiger partial charge < -0.3 is 19.5 Å². The largest absolute Gasteiger partial charge is 0.493 e. The molecule has 0 spiro atoms. The summed E-state index contributed by atoms with van der Waals surface area (Å²) in [5, 5.41) is 11.7. The second kappa shape index (κ2) is 9.90. The van der Waals surface area contributed by atoms with Gasteiger partial charge in [0.2, 0.25) is 5.91 Å². The van der Waals surface area contributed by atoms with E-state index >= 15 is 0 Å². The number of methoxy groups -OCH3 is 1. The maximum Gasteiger partial charge on any atom is 0.244 e. The number of rotatable bonds is 7. The smallest absolute Gasteiger partial charge is 0.244 e. The summed E-state index contributed by atoms with van der Waals surface area (Å²) in [6.45, 7) is 0.953. The van der Waals surface area contributed by atoms with Crippen LogP contribution in [0.5, 0.6) is 11.5 Å². The fraction of sp³-hybridized carbons (Fsp3) is 0.304. The predicted molar refractivity (Wildman–Crippen MR) is 109 cm³/mol. The molecule has 0 atom stereocenters. The van der Waals surface area contributed by atoms with E-state index in [1.54, 1.807) is 36.4 Å². The number of amides is 1. The molecule has 3 rings (SSSR count). The summed E-state index contributed by atoms with van der Waals surface area (Å²) in [7, 11) is 1.51. The molecular weight excluding hydrogens is 387 g/mol. The summed E-state index contributed by atoms with van der Waals surface area (Å²) < 4.78 is 29.4. The molecule has 2 aromatic rings. The van der Waals surface area contributed by atoms with Crippen LogP contribution >= 0.6 is 0 Å². The van der Waals surface area contributed by atoms with Crippen molar-refractivity contribution in [3.05, 3.63) is 65.5 Å². The molecule has 0 aliphatic carbocycles. The lowest BCUT2D eigenvalue weighted by atomic mass is 9.82. The van der Waals surface area contributed by atoms with Gasteiger partial charge in [0, 0.05) is 19.3 Å². The highest BCUT2D eigenvalue weighted by atomic mass is 19.1. The molecule has 1 N–H and O–H groups in total. The minimum Gasteiger partial charge on any atom is -0.493 e. The van der Waals surface area contributed by atoms with Crippen molar-refractivity contribution < 1.29 is 23.4 Å². The molecule has 1 heterocycles. The molecule has 1 amide bonds. The Morgan fingerprint density at radius 3 is 2.63 bits per heavy atom. The van der Waals surface area contributed by atoms with E-state index in [-0.39, 0.29) is 18.3 Å². The molecule has 1 aliphatic rings. The third-order valence-electron chi connectivity index (χ3n) is 5.01. The summed E-state index contributed by atoms with van der Waals surface area (Å²) >= 11 is 0. The van der Waals surface area contributed by atoms with Gasteiger partial charge in [-0.3, -0.25) is 4.79 Å². The molecule has 1 saturated heterocycles. The molecule has 1 fully saturated rings. The molecule has 0 radical (unpaired) electrons. The average molecular weight is 410 g/mol. The lowest BCUT2D eigenvalue weighted by Gasteiger charge is -2.38. The average Bonchev–Trinajstić information content (AvgIpc) is 2.77. The van der Waals surface area contributed by atoms with Crippen molar-refractivity contribution in [2.75, 3.05) is 26.9 Å². The third-order valence-corrected chi connectivity index (χ3v) is 5.01. The molecule has 2 aromatic carbocycles. The summed E-state index contributed by atoms with van der Waals surface area (Å²) in [6.07, 6.45) is 4.34. The summed E-state index contributed by atoms with van der Waals surface area (Å²) in [5.41, 5.74) is 1.00. The van der Waals surface area contributed by atoms with Crippen molar-refractivity contribution in [1.29, 1.82) is 5.26 Å². The van der Waals surface area contributed by atoms with Gasteiger partial charge in [0.25, 0.3) is 0 Å². The Hall–Kier alpha value is -3.37. The lowest BCUT2D eigenvalue weighted by Crippen LogP contribution is -2.49. The highest BCUT2D eigenvalue weighted by Gasteiger charge is 2.35. The Balaban J connectivity index is 1.75. The van der Waals surface area contributed by atoms with E-state index in [9.17, 15) is 9.18 Å². The van der Waals surface area contributed by atoms with E-state index in [2.05, 4.69) is 5.32 Å². The molecule has 0 aromatic heterocycles. The fourth-order valence-corrected chi connectivity index (χ4v) is 3.44. The molecule has 0 unspecified atom stereocenters. The monoisotopic (exact) mass is 410 g/mol. The maximum absolute atomic E-state index is 13.4. The molecule has 30 heavy (non-hydrogen) atoms. The van der Waals surface area contributed by atoms with Gasteiger partial charge in [-0.05, 0) is 54.3 Å². The van der Waals surface area contributed by atoms with Gasteiger partial charge in [0.1, 0.15) is 11.9 Å². The summed E-state index contributed by atoms with van der Waals surface area (Å²) in [5.74, 6) is 0.353. The molecular formula is C23H23FN2O4. The number of carbonyl (C=O) groups is 1. The van der Waals surface area contributed by atoms with Crippen LogP contribution in [-0.4, -0.2) is 32.8 Å². The van der Waals surface area contributed by atoms with Gasteiger partial charge in [0.05, 0.1) is 12.6 Å². The molecule has 0 bridgehead atoms. The van der Waals surface area contributed by atoms with Crippen LogP contribution in [0.3, 0.4) is 0 Å². The number of benzene rings is 2. The molecule has 0 saturated carbocycles. The quantitative estimate of drug-likeness (QED) is 0.706. The van der Waals surface area contributed by atoms with E-state index in [1.165, 1.54) is 25.3 Å². The Bertz CT molecular complexity index is 945. The summed E-state index contributed by atoms with van der Waals surface area (Å²) in [6, 6.07) is 13.3. The first-order valence-corrected chi connectivity index (χ1v) is 9.58. The van der Waals surface area contributed by atoms with Crippen molar-refractivity contribution in [2.24, 2.45) is 0 Å². The summed E-state index contributed by atoms with van der Waals surface area (Å²) in [4.78, 5) is 12.7. The van der Waals surface area contributed by atoms with Crippen molar-refractivity contribution in [2.45, 2.75) is 18.4 Å². The van der Waals surface area contributed by atoms with Crippen LogP contribution in [0.25, 0.3) is 6.08 Å². The maximum atomic E-state index is 13.4. The van der Waals surface area contributed by atoms with Gasteiger partial charge in [0.15, 0.2) is 18.1 Å². The highest BCUT2D eigenvalue weighted by molar-refractivity contribution is 5.92. The van der Waals surface area contributed by atoms with Gasteiger partial charge >= 0.3 is 0 Å². The van der Waals surface area contributed by atoms with E-state index in [0.717, 1.165) is 11.1 Å². The Kier molecular flexibility index (Phi) is 7.04. The number of carbonyl (C=O) groups excluding carboxylic acids is 1. The second-order valence-corrected chi connectivity index (χ2v) is 6.88. The Morgan fingerprint density at radius 1 is 1.23 bits per heavy atom. The molecule has 7 heteroatoms. The van der Waals surface area contributed by atoms with E-state index in [4.69, 9.17) is 19.5 Å². The van der Waals surface area contributed by atoms with Crippen LogP contribution < -0.4 is 14.8 Å². The molecule has 156 valence electrons. The number of ether oxygens (including phenoxy) is 3. The predicted octanol–water partition coefficient (Wildman–Crippen LogP) is 3.57. The van der Waals surface area contributed by atoms with E-state index in [1.807, 2.05) is 6.07 Å². The van der Waals surface area contributed by atoms with Crippen LogP contribution in [0.15, 0.2) is 48.5 Å². The zero-order chi connectivity index (χ0) is 21.4. The number of hydrogen-bond donors (Lipinski definition) is 1. The minimum absolute atomic E-state index is 0.0802. The Morgan fingerprint density at radius 2 is 1.97 bits per heavy atom. The van der Waals surface area contributed by atoms with E-state index < -0.39 is 5.54 Å². The Labute approximate surface area is 174 Å². The van der Waals surface area contributed by atoms with E-state index in [0.29, 0.717) is 37.6 Å². The van der Waals surface area contributed by atoms with Crippen molar-refractivity contribution in [3.8, 4) is 17.6 Å². The van der Waals surface area contributed by atoms with Crippen molar-refractivity contribution in [1.82, 2.24) is 5.32 Å². The van der Waals surface area contributed by atoms with Crippen molar-refractivity contribution >= 4 is 12.0 Å². The van der Waals surface area contributed by atoms with Crippen LogP contribution in [0.1, 0.15) is 24.0 Å². The van der Waals surface area contributed by atoms with Crippen LogP contribution in [0.4, 0.5) is 4.39 Å². The van der Waals surface area contributed by atoms with Crippen LogP contribution in [-0.2, 0) is 15.1 Å². The highest BCUT2D eigenvalue weighted by Crippen LogP contribution is 2.32. The van der Waals surface area contributed by atoms with Crippen molar-refractivity contribution in [3.63, 3.8) is 0 Å². The standard InChI is InChI=1S/C23H23FN2O4/c1-28-21-16-17(2-8-20(21)30-15-12-25)3-9-22(27)26-23(10-13-29-14-11-23)18-4-6-19(24)7-5-18/h2-9,16H,10-11,13-15H2,1H3,(H,26,27)/b9-3+. The number of nitriles is 1. The normalized spacial score (nSPS) is 15.4. The topological polar surface area (TPSA) is 80.6 Å². The third kappa shape index (κ3) is 5.16. The number of halogens is 1. The molecule has 1 aliphatic heterocycles. The van der Waals surface area contributed by atoms with Gasteiger partial charge in [-0.25, -0.2) is 4.39 Å². The lowest BCUT2D eigenvalue weighted by molar-refractivity contribution is -0.119. The van der Waals surface area contributed by atoms with Gasteiger partial charge in [-0.2, -0.15) is 5.26 Å². The van der Waals surface area contributed by atoms with Crippen LogP contribution in [0, 0.1) is 17.1 Å². The number of hydrogen-bond acceptors (Lipinski definition) is 5. The first kappa shape index (κ1) is 21.3. The number of nitrogens with one attached hydrogen (secondary N) is 1. The SMILES string of the molecule is COc1cc(/C=C/C(=O)NC2(c3ccc(F)cc3)CCOCC2)ccc1OCC#N. The fourth-order valence-electron chi connectivity index (χ4n) is 3.44. The van der Waals surface area contributed by atoms with Gasteiger partial charge in [-0.1, -0.05) is 18.2 Å². The number of nitrogens with zero attached hydrogens (tertiary/aromatic N) is 1.